The second-order valence-corrected chi connectivity index (χ2v) is 2.27. The monoisotopic (exact) mass is 290 g/mol. The maximum Gasteiger partial charge on any atom is 1.00 e. The molecule has 0 aromatic heterocycles. The Kier molecular flexibility index (Phi) is 14.7. The minimum Gasteiger partial charge on any atom is -1.00 e. The Labute approximate surface area is 103 Å². The molecule has 0 atom stereocenters. The van der Waals surface area contributed by atoms with E-state index >= 15 is 0 Å². The van der Waals surface area contributed by atoms with Gasteiger partial charge in [0.25, 0.3) is 0 Å². The number of halogens is 4. The normalized spacial score (nSPS) is 10.2. The summed E-state index contributed by atoms with van der Waals surface area (Å²) in [5, 5.41) is 0. The van der Waals surface area contributed by atoms with E-state index in [9.17, 15) is 13.2 Å². The van der Waals surface area contributed by atoms with Gasteiger partial charge in [-0.3, -0.25) is 0 Å². The van der Waals surface area contributed by atoms with Gasteiger partial charge in [-0.05, 0) is 0 Å². The van der Waals surface area contributed by atoms with Crippen LogP contribution in [0.25, 0.3) is 0 Å². The van der Waals surface area contributed by atoms with Crippen molar-refractivity contribution in [2.24, 2.45) is 0 Å². The predicted molar refractivity (Wildman–Crippen MR) is 15.8 cm³/mol. The fourth-order valence-corrected chi connectivity index (χ4v) is 0. The van der Waals surface area contributed by atoms with E-state index in [1.807, 2.05) is 0 Å². The first kappa shape index (κ1) is 22.9. The van der Waals surface area contributed by atoms with Gasteiger partial charge in [0.15, 0.2) is 10.1 Å². The number of hydrogen-bond donors (Lipinski definition) is 0. The molecular formula is CF3ILi2O3S. The number of rotatable bonds is 0. The van der Waals surface area contributed by atoms with Gasteiger partial charge in [-0.2, -0.15) is 13.2 Å². The van der Waals surface area contributed by atoms with Crippen molar-refractivity contribution < 1.29 is 87.8 Å². The SMILES string of the molecule is O=S(=O)([O-])C(F)(F)F.[I-].[Li+].[Li+]. The molecule has 58 valence electrons. The molecule has 0 aliphatic rings. The van der Waals surface area contributed by atoms with Crippen LogP contribution >= 0.6 is 0 Å². The molecule has 0 amide bonds. The van der Waals surface area contributed by atoms with E-state index in [0.717, 1.165) is 0 Å². The molecular weight excluding hydrogens is 290 g/mol. The Balaban J connectivity index is -0.0000000817. The van der Waals surface area contributed by atoms with Crippen LogP contribution in [0, 0.1) is 0 Å². The maximum absolute atomic E-state index is 10.7. The smallest absolute Gasteiger partial charge is 1.00 e. The fraction of sp³-hybridized carbons (Fsp3) is 1.00. The summed E-state index contributed by atoms with van der Waals surface area (Å²) in [6.07, 6.45) is 0. The summed E-state index contributed by atoms with van der Waals surface area (Å²) in [5.41, 5.74) is -5.65. The van der Waals surface area contributed by atoms with Crippen LogP contribution in [-0.2, 0) is 10.1 Å². The van der Waals surface area contributed by atoms with Crippen molar-refractivity contribution in [3.05, 3.63) is 0 Å². The van der Waals surface area contributed by atoms with E-state index in [1.165, 1.54) is 0 Å². The molecule has 0 heterocycles. The van der Waals surface area contributed by atoms with Crippen LogP contribution in [0.1, 0.15) is 0 Å². The minimum absolute atomic E-state index is 0. The molecule has 0 saturated carbocycles. The van der Waals surface area contributed by atoms with Gasteiger partial charge in [0.1, 0.15) is 0 Å². The zero-order valence-electron chi connectivity index (χ0n) is 5.64. The van der Waals surface area contributed by atoms with Gasteiger partial charge in [0.2, 0.25) is 0 Å². The fourth-order valence-electron chi connectivity index (χ4n) is 0. The van der Waals surface area contributed by atoms with Crippen molar-refractivity contribution in [1.82, 2.24) is 0 Å². The third-order valence-electron chi connectivity index (χ3n) is 0.283. The molecule has 0 aliphatic heterocycles. The quantitative estimate of drug-likeness (QED) is 0.193. The van der Waals surface area contributed by atoms with Crippen molar-refractivity contribution in [1.29, 1.82) is 0 Å². The van der Waals surface area contributed by atoms with Gasteiger partial charge in [-0.25, -0.2) is 8.42 Å². The van der Waals surface area contributed by atoms with Crippen molar-refractivity contribution in [2.45, 2.75) is 5.51 Å². The molecule has 0 bridgehead atoms. The first-order valence-corrected chi connectivity index (χ1v) is 2.68. The van der Waals surface area contributed by atoms with E-state index in [-0.39, 0.29) is 61.7 Å². The zero-order chi connectivity index (χ0) is 7.00. The molecule has 10 heteroatoms. The van der Waals surface area contributed by atoms with Crippen LogP contribution in [-0.4, -0.2) is 18.5 Å². The molecule has 0 aromatic rings. The van der Waals surface area contributed by atoms with Crippen molar-refractivity contribution >= 4 is 10.1 Å². The first-order valence-electron chi connectivity index (χ1n) is 1.27. The Hall–Kier alpha value is 1.62. The van der Waals surface area contributed by atoms with Crippen LogP contribution in [0.4, 0.5) is 13.2 Å². The van der Waals surface area contributed by atoms with Crippen LogP contribution in [0.15, 0.2) is 0 Å². The predicted octanol–water partition coefficient (Wildman–Crippen LogP) is -8.94. The van der Waals surface area contributed by atoms with E-state index in [1.54, 1.807) is 0 Å². The van der Waals surface area contributed by atoms with E-state index in [2.05, 4.69) is 0 Å². The number of alkyl halides is 3. The van der Waals surface area contributed by atoms with Crippen molar-refractivity contribution in [3.63, 3.8) is 0 Å². The van der Waals surface area contributed by atoms with Crippen LogP contribution < -0.4 is 61.7 Å². The standard InChI is InChI=1S/CHF3O3S.HI.2Li/c2-1(3,4)8(5,6)7;;;/h(H,5,6,7);1H;;/q;;2*+1/p-2. The summed E-state index contributed by atoms with van der Waals surface area (Å²) in [6.45, 7) is 0. The molecule has 3 nitrogen and oxygen atoms in total. The Morgan fingerprint density at radius 2 is 1.18 bits per heavy atom. The first-order chi connectivity index (χ1) is 3.25. The molecule has 0 spiro atoms. The van der Waals surface area contributed by atoms with Crippen LogP contribution in [0.5, 0.6) is 0 Å². The number of hydrogen-bond acceptors (Lipinski definition) is 3. The topological polar surface area (TPSA) is 57.2 Å². The summed E-state index contributed by atoms with van der Waals surface area (Å²) in [6, 6.07) is 0. The van der Waals surface area contributed by atoms with Crippen molar-refractivity contribution in [2.75, 3.05) is 0 Å². The third-order valence-corrected chi connectivity index (χ3v) is 0.850. The Morgan fingerprint density at radius 3 is 1.18 bits per heavy atom. The molecule has 0 rings (SSSR count). The Bertz CT molecular complexity index is 176. The van der Waals surface area contributed by atoms with Gasteiger partial charge < -0.3 is 28.5 Å². The molecule has 0 aliphatic carbocycles. The van der Waals surface area contributed by atoms with Gasteiger partial charge in [0, 0.05) is 0 Å². The summed E-state index contributed by atoms with van der Waals surface area (Å²) in [7, 11) is -6.09. The average molecular weight is 290 g/mol. The van der Waals surface area contributed by atoms with Gasteiger partial charge >= 0.3 is 43.2 Å². The van der Waals surface area contributed by atoms with Crippen LogP contribution in [0.2, 0.25) is 0 Å². The summed E-state index contributed by atoms with van der Waals surface area (Å²) in [4.78, 5) is 0. The summed E-state index contributed by atoms with van der Waals surface area (Å²) in [5.74, 6) is 0. The molecule has 0 fully saturated rings. The average Bonchev–Trinajstić information content (AvgIpc) is 1.25. The Morgan fingerprint density at radius 1 is 1.09 bits per heavy atom. The molecule has 0 N–H and O–H groups in total. The van der Waals surface area contributed by atoms with E-state index < -0.39 is 15.6 Å². The molecule has 0 unspecified atom stereocenters. The molecule has 11 heavy (non-hydrogen) atoms. The third kappa shape index (κ3) is 9.54. The molecule has 0 aromatic carbocycles. The van der Waals surface area contributed by atoms with Gasteiger partial charge in [-0.15, -0.1) is 0 Å². The second-order valence-electron chi connectivity index (χ2n) is 0.900. The largest absolute Gasteiger partial charge is 1.00 e. The molecule has 0 saturated heterocycles. The van der Waals surface area contributed by atoms with Crippen LogP contribution in [0.3, 0.4) is 0 Å². The van der Waals surface area contributed by atoms with E-state index in [0.29, 0.717) is 0 Å². The maximum atomic E-state index is 10.7. The van der Waals surface area contributed by atoms with Gasteiger partial charge in [-0.1, -0.05) is 0 Å². The molecule has 0 radical (unpaired) electrons. The summed E-state index contributed by atoms with van der Waals surface area (Å²) < 4.78 is 58.9. The minimum atomic E-state index is -6.09. The second kappa shape index (κ2) is 7.07. The summed E-state index contributed by atoms with van der Waals surface area (Å²) >= 11 is 0. The van der Waals surface area contributed by atoms with E-state index in [4.69, 9.17) is 13.0 Å². The van der Waals surface area contributed by atoms with Crippen molar-refractivity contribution in [3.8, 4) is 0 Å². The van der Waals surface area contributed by atoms with Gasteiger partial charge in [0.05, 0.1) is 0 Å². The zero-order valence-corrected chi connectivity index (χ0v) is 8.62.